The van der Waals surface area contributed by atoms with Crippen LogP contribution in [0.2, 0.25) is 0 Å². The van der Waals surface area contributed by atoms with Crippen molar-refractivity contribution in [1.29, 1.82) is 0 Å². The lowest BCUT2D eigenvalue weighted by molar-refractivity contribution is 0.403. The molecule has 0 aliphatic carbocycles. The molecule has 0 spiro atoms. The second kappa shape index (κ2) is 8.15. The number of sulfonamides is 2. The van der Waals surface area contributed by atoms with Crippen molar-refractivity contribution in [3.05, 3.63) is 42.5 Å². The molecule has 0 atom stereocenters. The van der Waals surface area contributed by atoms with Gasteiger partial charge in [0, 0.05) is 20.6 Å². The van der Waals surface area contributed by atoms with E-state index in [1.165, 1.54) is 51.5 Å². The Balaban J connectivity index is 2.56. The van der Waals surface area contributed by atoms with Crippen molar-refractivity contribution < 1.29 is 21.6 Å². The van der Waals surface area contributed by atoms with Crippen LogP contribution in [0, 0.1) is 0 Å². The summed E-state index contributed by atoms with van der Waals surface area (Å²) >= 11 is 0. The molecular weight excluding hydrogens is 390 g/mol. The Morgan fingerprint density at radius 3 is 2.26 bits per heavy atom. The molecule has 2 rings (SSSR count). The second-order valence-electron chi connectivity index (χ2n) is 5.78. The Labute approximate surface area is 160 Å². The SMILES string of the molecule is CCNc1ccc(S(=O)(=O)N(C)C)cc1NS(=O)(=O)c1ccccc1OC. The van der Waals surface area contributed by atoms with E-state index in [1.54, 1.807) is 12.1 Å². The largest absolute Gasteiger partial charge is 0.495 e. The van der Waals surface area contributed by atoms with Crippen molar-refractivity contribution in [2.75, 3.05) is 37.8 Å². The molecule has 148 valence electrons. The van der Waals surface area contributed by atoms with Gasteiger partial charge in [0.1, 0.15) is 10.6 Å². The third-order valence-electron chi connectivity index (χ3n) is 3.74. The number of benzene rings is 2. The summed E-state index contributed by atoms with van der Waals surface area (Å²) in [6, 6.07) is 10.4. The molecule has 27 heavy (non-hydrogen) atoms. The first kappa shape index (κ1) is 21.0. The lowest BCUT2D eigenvalue weighted by atomic mass is 10.2. The number of methoxy groups -OCH3 is 1. The number of hydrogen-bond acceptors (Lipinski definition) is 6. The van der Waals surface area contributed by atoms with Crippen molar-refractivity contribution in [2.24, 2.45) is 0 Å². The first-order valence-corrected chi connectivity index (χ1v) is 11.0. The van der Waals surface area contributed by atoms with Crippen molar-refractivity contribution in [3.8, 4) is 5.75 Å². The predicted octanol–water partition coefficient (Wildman–Crippen LogP) is 2.18. The van der Waals surface area contributed by atoms with Crippen LogP contribution in [0.5, 0.6) is 5.75 Å². The predicted molar refractivity (Wildman–Crippen MR) is 105 cm³/mol. The van der Waals surface area contributed by atoms with Crippen LogP contribution in [0.1, 0.15) is 6.92 Å². The Kier molecular flexibility index (Phi) is 6.34. The third-order valence-corrected chi connectivity index (χ3v) is 6.96. The van der Waals surface area contributed by atoms with Gasteiger partial charge in [0.2, 0.25) is 10.0 Å². The number of para-hydroxylation sites is 1. The molecule has 0 bridgehead atoms. The third kappa shape index (κ3) is 4.52. The molecule has 2 aromatic rings. The molecule has 0 amide bonds. The Morgan fingerprint density at radius 1 is 1.00 bits per heavy atom. The van der Waals surface area contributed by atoms with E-state index >= 15 is 0 Å². The van der Waals surface area contributed by atoms with Crippen molar-refractivity contribution in [3.63, 3.8) is 0 Å². The zero-order chi connectivity index (χ0) is 20.2. The summed E-state index contributed by atoms with van der Waals surface area (Å²) in [7, 11) is -3.53. The Bertz CT molecular complexity index is 1020. The van der Waals surface area contributed by atoms with E-state index < -0.39 is 20.0 Å². The molecule has 10 heteroatoms. The van der Waals surface area contributed by atoms with Gasteiger partial charge in [-0.3, -0.25) is 4.72 Å². The number of ether oxygens (including phenoxy) is 1. The summed E-state index contributed by atoms with van der Waals surface area (Å²) in [5.41, 5.74) is 0.597. The summed E-state index contributed by atoms with van der Waals surface area (Å²) in [4.78, 5) is -0.0669. The summed E-state index contributed by atoms with van der Waals surface area (Å²) in [6.45, 7) is 2.38. The molecule has 0 heterocycles. The van der Waals surface area contributed by atoms with Gasteiger partial charge in [-0.2, -0.15) is 0 Å². The van der Waals surface area contributed by atoms with Crippen LogP contribution in [0.3, 0.4) is 0 Å². The summed E-state index contributed by atoms with van der Waals surface area (Å²) < 4.78 is 59.1. The van der Waals surface area contributed by atoms with Gasteiger partial charge < -0.3 is 10.1 Å². The first-order chi connectivity index (χ1) is 12.6. The maximum absolute atomic E-state index is 12.9. The zero-order valence-corrected chi connectivity index (χ0v) is 17.2. The van der Waals surface area contributed by atoms with Crippen LogP contribution in [-0.4, -0.2) is 48.9 Å². The highest BCUT2D eigenvalue weighted by Crippen LogP contribution is 2.31. The number of nitrogens with zero attached hydrogens (tertiary/aromatic N) is 1. The molecule has 0 fully saturated rings. The van der Waals surface area contributed by atoms with Crippen molar-refractivity contribution in [1.82, 2.24) is 4.31 Å². The van der Waals surface area contributed by atoms with E-state index in [0.29, 0.717) is 12.2 Å². The van der Waals surface area contributed by atoms with E-state index in [0.717, 1.165) is 4.31 Å². The monoisotopic (exact) mass is 413 g/mol. The molecule has 2 N–H and O–H groups in total. The number of anilines is 2. The first-order valence-electron chi connectivity index (χ1n) is 8.09. The highest BCUT2D eigenvalue weighted by molar-refractivity contribution is 7.93. The van der Waals surface area contributed by atoms with Crippen LogP contribution >= 0.6 is 0 Å². The number of nitrogens with one attached hydrogen (secondary N) is 2. The molecule has 0 saturated heterocycles. The number of hydrogen-bond donors (Lipinski definition) is 2. The number of rotatable bonds is 8. The average Bonchev–Trinajstić information content (AvgIpc) is 2.62. The second-order valence-corrected chi connectivity index (χ2v) is 9.58. The smallest absolute Gasteiger partial charge is 0.265 e. The van der Waals surface area contributed by atoms with Crippen LogP contribution in [-0.2, 0) is 20.0 Å². The summed E-state index contributed by atoms with van der Waals surface area (Å²) in [5, 5.41) is 3.02. The van der Waals surface area contributed by atoms with Gasteiger partial charge in [-0.15, -0.1) is 0 Å². The minimum atomic E-state index is -4.00. The van der Waals surface area contributed by atoms with Gasteiger partial charge in [-0.25, -0.2) is 21.1 Å². The van der Waals surface area contributed by atoms with E-state index in [9.17, 15) is 16.8 Å². The van der Waals surface area contributed by atoms with Crippen molar-refractivity contribution >= 4 is 31.4 Å². The molecule has 0 unspecified atom stereocenters. The molecule has 0 aliphatic heterocycles. The van der Waals surface area contributed by atoms with Gasteiger partial charge >= 0.3 is 0 Å². The maximum Gasteiger partial charge on any atom is 0.265 e. The average molecular weight is 414 g/mol. The van der Waals surface area contributed by atoms with Crippen molar-refractivity contribution in [2.45, 2.75) is 16.7 Å². The quantitative estimate of drug-likeness (QED) is 0.687. The molecule has 0 aliphatic rings. The molecule has 0 saturated carbocycles. The highest BCUT2D eigenvalue weighted by Gasteiger charge is 2.23. The normalized spacial score (nSPS) is 12.0. The fourth-order valence-electron chi connectivity index (χ4n) is 2.36. The molecule has 8 nitrogen and oxygen atoms in total. The van der Waals surface area contributed by atoms with Gasteiger partial charge in [-0.1, -0.05) is 12.1 Å². The highest BCUT2D eigenvalue weighted by atomic mass is 32.2. The Morgan fingerprint density at radius 2 is 1.67 bits per heavy atom. The molecule has 2 aromatic carbocycles. The van der Waals surface area contributed by atoms with E-state index in [4.69, 9.17) is 4.74 Å². The van der Waals surface area contributed by atoms with Crippen LogP contribution < -0.4 is 14.8 Å². The standard InChI is InChI=1S/C17H23N3O5S2/c1-5-18-14-11-10-13(27(23,24)20(2)3)12-15(14)19-26(21,22)17-9-7-6-8-16(17)25-4/h6-12,18-19H,5H2,1-4H3. The Hall–Kier alpha value is -2.30. The lowest BCUT2D eigenvalue weighted by Gasteiger charge is -2.17. The van der Waals surface area contributed by atoms with Crippen LogP contribution in [0.15, 0.2) is 52.3 Å². The van der Waals surface area contributed by atoms with Crippen LogP contribution in [0.4, 0.5) is 11.4 Å². The van der Waals surface area contributed by atoms with Crippen LogP contribution in [0.25, 0.3) is 0 Å². The summed E-state index contributed by atoms with van der Waals surface area (Å²) in [6.07, 6.45) is 0. The molecule has 0 radical (unpaired) electrons. The van der Waals surface area contributed by atoms with E-state index in [2.05, 4.69) is 10.0 Å². The molecule has 0 aromatic heterocycles. The van der Waals surface area contributed by atoms with E-state index in [-0.39, 0.29) is 21.2 Å². The minimum absolute atomic E-state index is 0.0214. The molecular formula is C17H23N3O5S2. The zero-order valence-electron chi connectivity index (χ0n) is 15.6. The van der Waals surface area contributed by atoms with Gasteiger partial charge in [0.15, 0.2) is 0 Å². The van der Waals surface area contributed by atoms with Gasteiger partial charge in [0.05, 0.1) is 23.4 Å². The topological polar surface area (TPSA) is 105 Å². The fourth-order valence-corrected chi connectivity index (χ4v) is 4.53. The van der Waals surface area contributed by atoms with E-state index in [1.807, 2.05) is 6.92 Å². The van der Waals surface area contributed by atoms with Gasteiger partial charge in [0.25, 0.3) is 10.0 Å². The lowest BCUT2D eigenvalue weighted by Crippen LogP contribution is -2.23. The van der Waals surface area contributed by atoms with Gasteiger partial charge in [-0.05, 0) is 37.3 Å². The summed E-state index contributed by atoms with van der Waals surface area (Å²) in [5.74, 6) is 0.187. The fraction of sp³-hybridized carbons (Fsp3) is 0.294. The maximum atomic E-state index is 12.9. The minimum Gasteiger partial charge on any atom is -0.495 e.